The minimum absolute atomic E-state index is 0.771. The predicted octanol–water partition coefficient (Wildman–Crippen LogP) is 4.82. The van der Waals surface area contributed by atoms with Gasteiger partial charge in [-0.25, -0.2) is 15.0 Å². The highest BCUT2D eigenvalue weighted by atomic mass is 32.1. The lowest BCUT2D eigenvalue weighted by atomic mass is 10.1. The van der Waals surface area contributed by atoms with E-state index < -0.39 is 0 Å². The van der Waals surface area contributed by atoms with E-state index in [2.05, 4.69) is 49.5 Å². The Balaban J connectivity index is 1.21. The molecule has 3 heterocycles. The van der Waals surface area contributed by atoms with Gasteiger partial charge in [-0.15, -0.1) is 11.3 Å². The van der Waals surface area contributed by atoms with Crippen LogP contribution >= 0.6 is 11.3 Å². The third kappa shape index (κ3) is 3.84. The van der Waals surface area contributed by atoms with Crippen molar-refractivity contribution >= 4 is 38.4 Å². The SMILES string of the molecule is COc1ccc2nc(Cc3ccc(CCNc4ncnc5ccsc45)cc3)[nH]c2c1. The van der Waals surface area contributed by atoms with Crippen LogP contribution < -0.4 is 10.1 Å². The number of methoxy groups -OCH3 is 1. The molecule has 0 saturated carbocycles. The number of nitrogens with zero attached hydrogens (tertiary/aromatic N) is 3. The van der Waals surface area contributed by atoms with Crippen LogP contribution in [-0.2, 0) is 12.8 Å². The number of anilines is 1. The number of aromatic nitrogens is 4. The Morgan fingerprint density at radius 3 is 2.73 bits per heavy atom. The molecule has 0 aliphatic carbocycles. The second-order valence-corrected chi connectivity index (χ2v) is 8.01. The molecule has 2 N–H and O–H groups in total. The minimum Gasteiger partial charge on any atom is -0.497 e. The van der Waals surface area contributed by atoms with E-state index in [1.807, 2.05) is 29.6 Å². The fourth-order valence-electron chi connectivity index (χ4n) is 3.51. The molecule has 0 bridgehead atoms. The van der Waals surface area contributed by atoms with Crippen molar-refractivity contribution in [2.75, 3.05) is 19.0 Å². The number of H-pyrrole nitrogens is 1. The summed E-state index contributed by atoms with van der Waals surface area (Å²) in [6.45, 7) is 0.828. The zero-order valence-electron chi connectivity index (χ0n) is 16.6. The van der Waals surface area contributed by atoms with Crippen LogP contribution in [0.2, 0.25) is 0 Å². The van der Waals surface area contributed by atoms with Crippen LogP contribution in [0.25, 0.3) is 21.3 Å². The van der Waals surface area contributed by atoms with Gasteiger partial charge in [0.15, 0.2) is 0 Å². The van der Waals surface area contributed by atoms with E-state index in [0.717, 1.165) is 58.0 Å². The number of ether oxygens (including phenoxy) is 1. The number of hydrogen-bond donors (Lipinski definition) is 2. The van der Waals surface area contributed by atoms with Crippen LogP contribution in [0.3, 0.4) is 0 Å². The third-order valence-corrected chi connectivity index (χ3v) is 5.99. The third-order valence-electron chi connectivity index (χ3n) is 5.08. The van der Waals surface area contributed by atoms with Gasteiger partial charge in [-0.3, -0.25) is 0 Å². The van der Waals surface area contributed by atoms with Crippen LogP contribution in [0, 0.1) is 0 Å². The Morgan fingerprint density at radius 2 is 1.87 bits per heavy atom. The molecule has 0 saturated heterocycles. The Kier molecular flexibility index (Phi) is 5.03. The number of hydrogen-bond acceptors (Lipinski definition) is 6. The summed E-state index contributed by atoms with van der Waals surface area (Å²) in [6, 6.07) is 16.6. The van der Waals surface area contributed by atoms with Gasteiger partial charge >= 0.3 is 0 Å². The van der Waals surface area contributed by atoms with Crippen LogP contribution in [0.15, 0.2) is 60.2 Å². The second-order valence-electron chi connectivity index (χ2n) is 7.09. The van der Waals surface area contributed by atoms with Gasteiger partial charge in [0.2, 0.25) is 0 Å². The van der Waals surface area contributed by atoms with E-state index in [-0.39, 0.29) is 0 Å². The number of thiophene rings is 1. The van der Waals surface area contributed by atoms with Gasteiger partial charge in [0.1, 0.15) is 23.7 Å². The summed E-state index contributed by atoms with van der Waals surface area (Å²) in [5.74, 6) is 2.70. The standard InChI is InChI=1S/C23H21N5OS/c1-29-17-6-7-18-20(13-17)28-21(27-18)12-16-4-2-15(3-5-16)8-10-24-23-22-19(9-11-30-22)25-14-26-23/h2-7,9,11,13-14H,8,10,12H2,1H3,(H,27,28)(H,24,25,26). The second kappa shape index (κ2) is 8.12. The van der Waals surface area contributed by atoms with Crippen molar-refractivity contribution in [3.63, 3.8) is 0 Å². The molecule has 0 atom stereocenters. The number of aromatic amines is 1. The summed E-state index contributed by atoms with van der Waals surface area (Å²) in [4.78, 5) is 16.7. The van der Waals surface area contributed by atoms with Crippen molar-refractivity contribution < 1.29 is 4.74 Å². The van der Waals surface area contributed by atoms with E-state index in [1.165, 1.54) is 11.1 Å². The van der Waals surface area contributed by atoms with Gasteiger partial charge in [-0.1, -0.05) is 24.3 Å². The van der Waals surface area contributed by atoms with Gasteiger partial charge < -0.3 is 15.0 Å². The molecule has 6 nitrogen and oxygen atoms in total. The summed E-state index contributed by atoms with van der Waals surface area (Å²) < 4.78 is 6.39. The van der Waals surface area contributed by atoms with Gasteiger partial charge in [-0.05, 0) is 41.1 Å². The van der Waals surface area contributed by atoms with Gasteiger partial charge in [-0.2, -0.15) is 0 Å². The van der Waals surface area contributed by atoms with E-state index in [9.17, 15) is 0 Å². The largest absolute Gasteiger partial charge is 0.497 e. The van der Waals surface area contributed by atoms with Crippen LogP contribution in [0.5, 0.6) is 5.75 Å². The minimum atomic E-state index is 0.771. The van der Waals surface area contributed by atoms with Crippen molar-refractivity contribution in [3.8, 4) is 5.75 Å². The maximum absolute atomic E-state index is 5.28. The Bertz CT molecular complexity index is 1290. The molecule has 0 aliphatic heterocycles. The van der Waals surface area contributed by atoms with Crippen LogP contribution in [0.4, 0.5) is 5.82 Å². The maximum atomic E-state index is 5.28. The molecule has 3 aromatic heterocycles. The summed E-state index contributed by atoms with van der Waals surface area (Å²) in [7, 11) is 1.67. The molecule has 7 heteroatoms. The fraction of sp³-hybridized carbons (Fsp3) is 0.174. The summed E-state index contributed by atoms with van der Waals surface area (Å²) in [5, 5.41) is 5.48. The maximum Gasteiger partial charge on any atom is 0.147 e. The number of fused-ring (bicyclic) bond motifs is 2. The lowest BCUT2D eigenvalue weighted by Gasteiger charge is -2.07. The first-order valence-corrected chi connectivity index (χ1v) is 10.7. The summed E-state index contributed by atoms with van der Waals surface area (Å²) in [5.41, 5.74) is 5.46. The zero-order chi connectivity index (χ0) is 20.3. The van der Waals surface area contributed by atoms with Gasteiger partial charge in [0, 0.05) is 19.0 Å². The molecule has 5 aromatic rings. The highest BCUT2D eigenvalue weighted by Gasteiger charge is 2.06. The molecule has 0 aliphatic rings. The van der Waals surface area contributed by atoms with Crippen molar-refractivity contribution in [1.29, 1.82) is 0 Å². The molecule has 30 heavy (non-hydrogen) atoms. The molecule has 0 radical (unpaired) electrons. The molecule has 2 aromatic carbocycles. The number of imidazole rings is 1. The topological polar surface area (TPSA) is 75.7 Å². The van der Waals surface area contributed by atoms with Crippen molar-refractivity contribution in [1.82, 2.24) is 19.9 Å². The van der Waals surface area contributed by atoms with Crippen LogP contribution in [0.1, 0.15) is 17.0 Å². The monoisotopic (exact) mass is 415 g/mol. The average molecular weight is 416 g/mol. The molecule has 150 valence electrons. The molecule has 0 spiro atoms. The molecular weight excluding hydrogens is 394 g/mol. The Labute approximate surface area is 178 Å². The van der Waals surface area contributed by atoms with Crippen molar-refractivity contribution in [3.05, 3.63) is 77.2 Å². The first-order valence-electron chi connectivity index (χ1n) is 9.81. The average Bonchev–Trinajstić information content (AvgIpc) is 3.41. The zero-order valence-corrected chi connectivity index (χ0v) is 17.4. The van der Waals surface area contributed by atoms with Gasteiger partial charge in [0.05, 0.1) is 28.4 Å². The Morgan fingerprint density at radius 1 is 1.00 bits per heavy atom. The highest BCUT2D eigenvalue weighted by Crippen LogP contribution is 2.24. The molecule has 5 rings (SSSR count). The lowest BCUT2D eigenvalue weighted by Crippen LogP contribution is -2.06. The van der Waals surface area contributed by atoms with Crippen molar-refractivity contribution in [2.24, 2.45) is 0 Å². The normalized spacial score (nSPS) is 11.2. The molecule has 0 amide bonds. The van der Waals surface area contributed by atoms with Crippen LogP contribution in [-0.4, -0.2) is 33.6 Å². The highest BCUT2D eigenvalue weighted by molar-refractivity contribution is 7.17. The lowest BCUT2D eigenvalue weighted by molar-refractivity contribution is 0.415. The summed E-state index contributed by atoms with van der Waals surface area (Å²) in [6.07, 6.45) is 3.31. The quantitative estimate of drug-likeness (QED) is 0.398. The number of rotatable bonds is 7. The van der Waals surface area contributed by atoms with Gasteiger partial charge in [0.25, 0.3) is 0 Å². The molecular formula is C23H21N5OS. The molecule has 0 unspecified atom stereocenters. The van der Waals surface area contributed by atoms with E-state index in [0.29, 0.717) is 0 Å². The van der Waals surface area contributed by atoms with E-state index in [4.69, 9.17) is 4.74 Å². The number of nitrogens with one attached hydrogen (secondary N) is 2. The smallest absolute Gasteiger partial charge is 0.147 e. The Hall–Kier alpha value is -3.45. The fourth-order valence-corrected chi connectivity index (χ4v) is 4.32. The van der Waals surface area contributed by atoms with E-state index in [1.54, 1.807) is 24.8 Å². The predicted molar refractivity (Wildman–Crippen MR) is 122 cm³/mol. The van der Waals surface area contributed by atoms with Crippen molar-refractivity contribution in [2.45, 2.75) is 12.8 Å². The summed E-state index contributed by atoms with van der Waals surface area (Å²) >= 11 is 1.66. The number of benzene rings is 2. The first kappa shape index (κ1) is 18.6. The van der Waals surface area contributed by atoms with E-state index >= 15 is 0 Å². The first-order chi connectivity index (χ1) is 14.8. The molecule has 0 fully saturated rings.